The monoisotopic (exact) mass is 1090 g/mol. The number of nitro benzene ring substituents is 1. The summed E-state index contributed by atoms with van der Waals surface area (Å²) in [6, 6.07) is 22.6. The summed E-state index contributed by atoms with van der Waals surface area (Å²) in [6.45, 7) is -8.24. The van der Waals surface area contributed by atoms with Crippen LogP contribution in [-0.2, 0) is 49.7 Å². The molecule has 10 atom stereocenters. The predicted molar refractivity (Wildman–Crippen MR) is 267 cm³/mol. The van der Waals surface area contributed by atoms with Crippen molar-refractivity contribution in [2.24, 2.45) is 0 Å². The molecule has 2 amide bonds. The number of carbonyl (C=O) groups excluding carboxylic acids is 2. The topological polar surface area (TPSA) is 243 Å². The van der Waals surface area contributed by atoms with Crippen LogP contribution in [0.4, 0.5) is 26.1 Å². The Balaban J connectivity index is 1.07. The minimum atomic E-state index is -4.71. The number of hydrogen-bond donors (Lipinski definition) is 0. The highest BCUT2D eigenvalue weighted by atomic mass is 32.7. The molecule has 3 saturated heterocycles. The number of rotatable bonds is 6. The van der Waals surface area contributed by atoms with Gasteiger partial charge in [0, 0.05) is 48.3 Å². The highest BCUT2D eigenvalue weighted by Crippen LogP contribution is 2.65. The van der Waals surface area contributed by atoms with Crippen molar-refractivity contribution in [2.75, 3.05) is 42.8 Å². The molecule has 3 aromatic carbocycles. The summed E-state index contributed by atoms with van der Waals surface area (Å²) in [5.41, 5.74) is 0.687. The van der Waals surface area contributed by atoms with Crippen molar-refractivity contribution in [3.8, 4) is 0 Å². The standard InChI is InChI=1S/C46H41F2N11O11P2S2/c1-71(73)65-20-31-38-34(48)46(67-31)58-26-54-36-40(50-24-52-42(36)58)56(44(61)28-14-6-3-7-15-28)19-11-10-18-55(43(60)27-12-4-2-5-13-27)39-35-41(51-23-49-39)57(25-53-35)45-33(47)37(69-71)32(68-45)21-66-72(64,70-38)74-22-29-16-8-9-17-30(29)59(62)63/h2-17,23-26,31-34,37-38,45-46H,18-22H2,1H3/b11-10+/t31-,32-,33-,34-,37-,38-,45?,46-,71?,72+/m1/s1. The third-order valence-corrected chi connectivity index (χ3v) is 18.0. The first-order valence-corrected chi connectivity index (χ1v) is 29.0. The fourth-order valence-electron chi connectivity index (χ4n) is 9.00. The molecule has 2 unspecified atom stereocenters. The normalized spacial score (nSPS) is 28.8. The van der Waals surface area contributed by atoms with Crippen molar-refractivity contribution in [1.82, 2.24) is 39.0 Å². The smallest absolute Gasteiger partial charge is 0.346 e. The molecule has 382 valence electrons. The number of halogens is 2. The molecule has 0 radical (unpaired) electrons. The molecule has 28 heteroatoms. The number of carbonyl (C=O) groups is 2. The number of alkyl halides is 2. The van der Waals surface area contributed by atoms with Gasteiger partial charge in [0.25, 0.3) is 17.5 Å². The van der Waals surface area contributed by atoms with Gasteiger partial charge in [-0.05, 0) is 47.5 Å². The fraction of sp³-hybridized carbons (Fsp3) is 0.304. The van der Waals surface area contributed by atoms with Crippen LogP contribution in [0, 0.1) is 10.1 Å². The zero-order valence-electron chi connectivity index (χ0n) is 38.6. The van der Waals surface area contributed by atoms with Crippen molar-refractivity contribution < 1.29 is 55.4 Å². The van der Waals surface area contributed by atoms with E-state index >= 15 is 13.3 Å². The Morgan fingerprint density at radius 2 is 1.20 bits per heavy atom. The number of ether oxygens (including phenoxy) is 2. The van der Waals surface area contributed by atoms with Gasteiger partial charge >= 0.3 is 6.80 Å². The molecular weight excluding hydrogens is 1050 g/mol. The van der Waals surface area contributed by atoms with Crippen LogP contribution in [0.1, 0.15) is 38.7 Å². The summed E-state index contributed by atoms with van der Waals surface area (Å²) in [4.78, 5) is 70.1. The van der Waals surface area contributed by atoms with Crippen LogP contribution in [-0.4, -0.2) is 126 Å². The number of nitrogens with zero attached hydrogens (tertiary/aromatic N) is 11. The summed E-state index contributed by atoms with van der Waals surface area (Å²) in [5, 5.41) is 12.0. The van der Waals surface area contributed by atoms with Gasteiger partial charge in [0.05, 0.1) is 30.8 Å². The molecule has 5 aliphatic heterocycles. The maximum atomic E-state index is 17.5. The Hall–Kier alpha value is -6.31. The third-order valence-electron chi connectivity index (χ3n) is 12.5. The summed E-state index contributed by atoms with van der Waals surface area (Å²) >= 11 is 6.38. The number of nitro groups is 1. The molecule has 7 aromatic rings. The van der Waals surface area contributed by atoms with E-state index in [1.807, 2.05) is 0 Å². The number of aromatic nitrogens is 8. The molecule has 3 fully saturated rings. The highest BCUT2D eigenvalue weighted by Gasteiger charge is 2.54. The van der Waals surface area contributed by atoms with Gasteiger partial charge in [-0.25, -0.2) is 43.2 Å². The van der Waals surface area contributed by atoms with Gasteiger partial charge in [-0.1, -0.05) is 66.7 Å². The van der Waals surface area contributed by atoms with E-state index in [2.05, 4.69) is 29.9 Å². The number of fused-ring (bicyclic) bond motifs is 10. The van der Waals surface area contributed by atoms with E-state index in [0.29, 0.717) is 22.5 Å². The molecule has 0 spiro atoms. The Kier molecular flexibility index (Phi) is 13.8. The van der Waals surface area contributed by atoms with Crippen LogP contribution in [0.5, 0.6) is 0 Å². The zero-order chi connectivity index (χ0) is 51.3. The number of benzene rings is 3. The van der Waals surface area contributed by atoms with E-state index < -0.39 is 92.5 Å². The van der Waals surface area contributed by atoms with Gasteiger partial charge in [0.15, 0.2) is 65.3 Å². The second kappa shape index (κ2) is 20.4. The quantitative estimate of drug-likeness (QED) is 0.0670. The van der Waals surface area contributed by atoms with E-state index in [1.165, 1.54) is 69.1 Å². The molecule has 12 rings (SSSR count). The Morgan fingerprint density at radius 1 is 0.716 bits per heavy atom. The summed E-state index contributed by atoms with van der Waals surface area (Å²) < 4.78 is 90.2. The van der Waals surface area contributed by atoms with E-state index in [0.717, 1.165) is 0 Å². The average Bonchev–Trinajstić information content (AvgIpc) is 4.19. The average molecular weight is 1090 g/mol. The Labute approximate surface area is 427 Å². The summed E-state index contributed by atoms with van der Waals surface area (Å²) in [7, 11) is 0. The lowest BCUT2D eigenvalue weighted by Crippen LogP contribution is -2.37. The zero-order valence-corrected chi connectivity index (χ0v) is 42.0. The first-order valence-electron chi connectivity index (χ1n) is 22.8. The molecule has 9 heterocycles. The molecule has 4 aromatic heterocycles. The van der Waals surface area contributed by atoms with Crippen LogP contribution in [0.15, 0.2) is 122 Å². The van der Waals surface area contributed by atoms with E-state index in [4.69, 9.17) is 39.4 Å². The Morgan fingerprint density at radius 3 is 1.73 bits per heavy atom. The maximum absolute atomic E-state index is 17.5. The second-order valence-electron chi connectivity index (χ2n) is 17.2. The van der Waals surface area contributed by atoms with Gasteiger partial charge in [-0.15, -0.1) is 0 Å². The lowest BCUT2D eigenvalue weighted by atomic mass is 10.1. The molecular formula is C46H41F2N11O11P2S2. The van der Waals surface area contributed by atoms with Gasteiger partial charge in [-0.3, -0.25) is 47.7 Å². The second-order valence-corrected chi connectivity index (χ2v) is 25.2. The van der Waals surface area contributed by atoms with Crippen LogP contribution < -0.4 is 9.80 Å². The van der Waals surface area contributed by atoms with Gasteiger partial charge in [0.1, 0.15) is 37.1 Å². The molecule has 0 aliphatic carbocycles. The molecule has 5 aliphatic rings. The molecule has 22 nitrogen and oxygen atoms in total. The van der Waals surface area contributed by atoms with Gasteiger partial charge in [0.2, 0.25) is 0 Å². The third kappa shape index (κ3) is 9.55. The van der Waals surface area contributed by atoms with Crippen molar-refractivity contribution in [3.05, 3.63) is 149 Å². The van der Waals surface area contributed by atoms with Crippen LogP contribution >= 0.6 is 24.7 Å². The minimum absolute atomic E-state index is 0.0275. The molecule has 0 saturated carbocycles. The largest absolute Gasteiger partial charge is 0.390 e. The summed E-state index contributed by atoms with van der Waals surface area (Å²) in [6.07, 6.45) is -5.26. The van der Waals surface area contributed by atoms with Crippen molar-refractivity contribution in [2.45, 2.75) is 55.0 Å². The van der Waals surface area contributed by atoms with Crippen molar-refractivity contribution in [1.29, 1.82) is 0 Å². The van der Waals surface area contributed by atoms with E-state index in [9.17, 15) is 19.7 Å². The lowest BCUT2D eigenvalue weighted by molar-refractivity contribution is -0.385. The van der Waals surface area contributed by atoms with E-state index in [1.54, 1.807) is 78.9 Å². The molecule has 0 N–H and O–H groups in total. The number of amides is 2. The molecule has 74 heavy (non-hydrogen) atoms. The summed E-state index contributed by atoms with van der Waals surface area (Å²) in [5.74, 6) is -1.20. The van der Waals surface area contributed by atoms with Gasteiger partial charge in [-0.2, -0.15) is 0 Å². The van der Waals surface area contributed by atoms with E-state index in [-0.39, 0.29) is 64.1 Å². The van der Waals surface area contributed by atoms with Crippen LogP contribution in [0.2, 0.25) is 0 Å². The number of para-hydroxylation sites is 1. The fourth-order valence-corrected chi connectivity index (χ4v) is 14.0. The first-order chi connectivity index (χ1) is 35.8. The number of anilines is 2. The SMILES string of the molecule is CP1(=S)OC[C@H]2O[C@@H]3[C@H](F)[C@@H]2O[P@@](=O)(SCc2ccccc2[N+](=O)[O-])OC[C@H]2OC([C@H](F)[C@@H]2O1)n1cnc2c(ncnc21)N(C(=O)c1ccccc1)C/C=C/CN(C(=O)c1ccccc1)c1ncnc2c1ncn23. The number of imidazole rings is 2. The number of hydrogen-bond acceptors (Lipinski definition) is 19. The molecule has 14 bridgehead atoms. The van der Waals surface area contributed by atoms with Crippen molar-refractivity contribution >= 4 is 87.9 Å². The maximum Gasteiger partial charge on any atom is 0.390 e. The Bertz CT molecular complexity index is 3420. The predicted octanol–water partition coefficient (Wildman–Crippen LogP) is 7.71. The van der Waals surface area contributed by atoms with Gasteiger partial charge < -0.3 is 18.5 Å². The minimum Gasteiger partial charge on any atom is -0.346 e. The highest BCUT2D eigenvalue weighted by molar-refractivity contribution is 8.54. The van der Waals surface area contributed by atoms with Crippen LogP contribution in [0.25, 0.3) is 22.3 Å². The first kappa shape index (κ1) is 49.9. The lowest BCUT2D eigenvalue weighted by Gasteiger charge is -2.31. The van der Waals surface area contributed by atoms with Crippen molar-refractivity contribution in [3.63, 3.8) is 0 Å². The van der Waals surface area contributed by atoms with Crippen LogP contribution in [0.3, 0.4) is 0 Å².